The summed E-state index contributed by atoms with van der Waals surface area (Å²) in [5.74, 6) is 5.15. The largest absolute Gasteiger partial charge is 0.465 e. The van der Waals surface area contributed by atoms with Crippen molar-refractivity contribution in [3.05, 3.63) is 0 Å². The molecule has 0 aromatic heterocycles. The van der Waals surface area contributed by atoms with Gasteiger partial charge in [0.25, 0.3) is 0 Å². The lowest BCUT2D eigenvalue weighted by atomic mass is 9.99. The van der Waals surface area contributed by atoms with Crippen LogP contribution in [0.1, 0.15) is 19.3 Å². The lowest BCUT2D eigenvalue weighted by Crippen LogP contribution is -2.35. The minimum Gasteiger partial charge on any atom is -0.465 e. The summed E-state index contributed by atoms with van der Waals surface area (Å²) in [4.78, 5) is 12.2. The molecule has 0 aromatic carbocycles. The molecule has 5 nitrogen and oxygen atoms in total. The van der Waals surface area contributed by atoms with Crippen molar-refractivity contribution in [2.75, 3.05) is 0 Å². The number of carbonyl (C=O) groups is 1. The summed E-state index contributed by atoms with van der Waals surface area (Å²) in [5.41, 5.74) is 0.841. The van der Waals surface area contributed by atoms with E-state index in [-0.39, 0.29) is 12.1 Å². The molecule has 12 heavy (non-hydrogen) atoms. The second-order valence-electron chi connectivity index (χ2n) is 3.26. The fraction of sp³-hybridized carbons (Fsp3) is 0.714. The van der Waals surface area contributed by atoms with Crippen molar-refractivity contribution in [2.45, 2.75) is 31.3 Å². The lowest BCUT2D eigenvalue weighted by molar-refractivity contribution is 0.141. The van der Waals surface area contributed by atoms with E-state index in [1.54, 1.807) is 0 Å². The zero-order chi connectivity index (χ0) is 8.72. The van der Waals surface area contributed by atoms with E-state index in [1.807, 2.05) is 0 Å². The van der Waals surface area contributed by atoms with Gasteiger partial charge in [0.1, 0.15) is 0 Å². The topological polar surface area (TPSA) is 78.9 Å². The van der Waals surface area contributed by atoms with E-state index in [2.05, 4.69) is 5.10 Å². The molecular weight excluding hydrogens is 158 g/mol. The normalized spacial score (nSPS) is 36.3. The van der Waals surface area contributed by atoms with Gasteiger partial charge in [-0.25, -0.2) is 4.79 Å². The molecule has 2 heterocycles. The summed E-state index contributed by atoms with van der Waals surface area (Å²) in [5, 5.41) is 12.5. The predicted octanol–water partition coefficient (Wildman–Crippen LogP) is 0.216. The van der Waals surface area contributed by atoms with Gasteiger partial charge in [-0.2, -0.15) is 5.10 Å². The van der Waals surface area contributed by atoms with Gasteiger partial charge < -0.3 is 10.9 Å². The lowest BCUT2D eigenvalue weighted by Gasteiger charge is -2.16. The van der Waals surface area contributed by atoms with Gasteiger partial charge in [-0.3, -0.25) is 4.90 Å². The van der Waals surface area contributed by atoms with E-state index in [0.717, 1.165) is 25.0 Å². The molecule has 2 saturated heterocycles. The number of carboxylic acid groups (broad SMARTS) is 1. The molecule has 66 valence electrons. The van der Waals surface area contributed by atoms with Crippen molar-refractivity contribution in [1.29, 1.82) is 0 Å². The molecule has 0 radical (unpaired) electrons. The average Bonchev–Trinajstić information content (AvgIpc) is 2.59. The minimum atomic E-state index is -0.846. The Morgan fingerprint density at radius 2 is 2.42 bits per heavy atom. The summed E-state index contributed by atoms with van der Waals surface area (Å²) >= 11 is 0. The van der Waals surface area contributed by atoms with Crippen LogP contribution in [0.5, 0.6) is 0 Å². The Kier molecular flexibility index (Phi) is 1.46. The van der Waals surface area contributed by atoms with Crippen molar-refractivity contribution in [1.82, 2.24) is 4.90 Å². The highest BCUT2D eigenvalue weighted by atomic mass is 16.4. The molecule has 0 aromatic rings. The SMILES string of the molecule is N/N=C1/C[C@H]2CCC1N2C(=O)O. The summed E-state index contributed by atoms with van der Waals surface area (Å²) in [6, 6.07) is 0.104. The van der Waals surface area contributed by atoms with Crippen molar-refractivity contribution < 1.29 is 9.90 Å². The first-order chi connectivity index (χ1) is 5.74. The minimum absolute atomic E-state index is 0.0301. The molecule has 3 N–H and O–H groups in total. The summed E-state index contributed by atoms with van der Waals surface area (Å²) in [7, 11) is 0. The smallest absolute Gasteiger partial charge is 0.408 e. The number of hydrogen-bond donors (Lipinski definition) is 2. The van der Waals surface area contributed by atoms with Crippen LogP contribution in [0.2, 0.25) is 0 Å². The van der Waals surface area contributed by atoms with Crippen LogP contribution in [0.3, 0.4) is 0 Å². The number of nitrogens with two attached hydrogens (primary N) is 1. The first-order valence-corrected chi connectivity index (χ1v) is 4.02. The molecule has 0 spiro atoms. The average molecular weight is 169 g/mol. The van der Waals surface area contributed by atoms with Gasteiger partial charge in [-0.1, -0.05) is 0 Å². The van der Waals surface area contributed by atoms with E-state index >= 15 is 0 Å². The maximum Gasteiger partial charge on any atom is 0.408 e. The van der Waals surface area contributed by atoms with Crippen LogP contribution in [0.15, 0.2) is 5.10 Å². The van der Waals surface area contributed by atoms with Crippen molar-refractivity contribution in [2.24, 2.45) is 10.9 Å². The van der Waals surface area contributed by atoms with Gasteiger partial charge in [-0.15, -0.1) is 0 Å². The van der Waals surface area contributed by atoms with E-state index in [9.17, 15) is 4.79 Å². The van der Waals surface area contributed by atoms with Crippen LogP contribution in [-0.4, -0.2) is 33.9 Å². The molecule has 2 bridgehead atoms. The van der Waals surface area contributed by atoms with Gasteiger partial charge >= 0.3 is 6.09 Å². The Morgan fingerprint density at radius 3 is 2.83 bits per heavy atom. The third-order valence-electron chi connectivity index (χ3n) is 2.72. The molecule has 2 aliphatic rings. The van der Waals surface area contributed by atoms with Gasteiger partial charge in [-0.05, 0) is 12.8 Å². The Balaban J connectivity index is 2.25. The third kappa shape index (κ3) is 0.790. The van der Waals surface area contributed by atoms with E-state index < -0.39 is 6.09 Å². The molecule has 5 heteroatoms. The van der Waals surface area contributed by atoms with Crippen molar-refractivity contribution in [3.63, 3.8) is 0 Å². The number of fused-ring (bicyclic) bond motifs is 2. The number of rotatable bonds is 0. The first kappa shape index (κ1) is 7.39. The Hall–Kier alpha value is -1.26. The Bertz CT molecular complexity index is 251. The summed E-state index contributed by atoms with van der Waals surface area (Å²) in [6.45, 7) is 0. The molecule has 2 aliphatic heterocycles. The molecule has 2 fully saturated rings. The van der Waals surface area contributed by atoms with Crippen LogP contribution >= 0.6 is 0 Å². The first-order valence-electron chi connectivity index (χ1n) is 4.02. The highest BCUT2D eigenvalue weighted by Crippen LogP contribution is 2.35. The quantitative estimate of drug-likeness (QED) is 0.402. The van der Waals surface area contributed by atoms with Crippen LogP contribution < -0.4 is 5.84 Å². The highest BCUT2D eigenvalue weighted by Gasteiger charge is 2.46. The molecule has 2 atom stereocenters. The molecule has 0 aliphatic carbocycles. The van der Waals surface area contributed by atoms with Crippen molar-refractivity contribution >= 4 is 11.8 Å². The molecule has 1 amide bonds. The maximum absolute atomic E-state index is 10.8. The van der Waals surface area contributed by atoms with Crippen LogP contribution in [0.4, 0.5) is 4.79 Å². The van der Waals surface area contributed by atoms with Gasteiger partial charge in [0, 0.05) is 12.5 Å². The maximum atomic E-state index is 10.8. The third-order valence-corrected chi connectivity index (χ3v) is 2.72. The number of hydrogen-bond acceptors (Lipinski definition) is 3. The second kappa shape index (κ2) is 2.36. The zero-order valence-corrected chi connectivity index (χ0v) is 6.60. The second-order valence-corrected chi connectivity index (χ2v) is 3.26. The number of amides is 1. The highest BCUT2D eigenvalue weighted by molar-refractivity contribution is 5.96. The fourth-order valence-electron chi connectivity index (χ4n) is 2.22. The molecule has 2 rings (SSSR count). The van der Waals surface area contributed by atoms with Gasteiger partial charge in [0.05, 0.1) is 11.8 Å². The summed E-state index contributed by atoms with van der Waals surface area (Å²) < 4.78 is 0. The molecule has 1 unspecified atom stereocenters. The van der Waals surface area contributed by atoms with Crippen LogP contribution in [0, 0.1) is 0 Å². The van der Waals surface area contributed by atoms with Gasteiger partial charge in [0.15, 0.2) is 0 Å². The molecular formula is C7H11N3O2. The predicted molar refractivity (Wildman–Crippen MR) is 42.9 cm³/mol. The standard InChI is InChI=1S/C7H11N3O2/c8-9-5-3-4-1-2-6(5)10(4)7(11)12/h4,6H,1-3,8H2,(H,11,12)/b9-5-/t4-,6?/m1/s1. The zero-order valence-electron chi connectivity index (χ0n) is 6.60. The van der Waals surface area contributed by atoms with Gasteiger partial charge in [0.2, 0.25) is 0 Å². The van der Waals surface area contributed by atoms with E-state index in [0.29, 0.717) is 0 Å². The van der Waals surface area contributed by atoms with E-state index in [1.165, 1.54) is 4.90 Å². The van der Waals surface area contributed by atoms with Crippen molar-refractivity contribution in [3.8, 4) is 0 Å². The Morgan fingerprint density at radius 1 is 1.67 bits per heavy atom. The number of hydrazone groups is 1. The fourth-order valence-corrected chi connectivity index (χ4v) is 2.22. The van der Waals surface area contributed by atoms with E-state index in [4.69, 9.17) is 10.9 Å². The Labute approximate surface area is 69.8 Å². The van der Waals surface area contributed by atoms with Crippen LogP contribution in [0.25, 0.3) is 0 Å². The summed E-state index contributed by atoms with van der Waals surface area (Å²) in [6.07, 6.45) is 1.72. The molecule has 0 saturated carbocycles. The van der Waals surface area contributed by atoms with Crippen LogP contribution in [-0.2, 0) is 0 Å². The number of nitrogens with zero attached hydrogens (tertiary/aromatic N) is 2. The monoisotopic (exact) mass is 169 g/mol.